The molecule has 0 saturated heterocycles. The van der Waals surface area contributed by atoms with Gasteiger partial charge in [-0.1, -0.05) is 6.07 Å². The third kappa shape index (κ3) is 3.01. The van der Waals surface area contributed by atoms with Crippen molar-refractivity contribution in [1.29, 1.82) is 0 Å². The molecule has 7 heteroatoms. The summed E-state index contributed by atoms with van der Waals surface area (Å²) in [5, 5.41) is 10.7. The smallest absolute Gasteiger partial charge is 0.254 e. The molecule has 3 rings (SSSR count). The number of benzene rings is 1. The first-order valence-electron chi connectivity index (χ1n) is 7.75. The summed E-state index contributed by atoms with van der Waals surface area (Å²) in [7, 11) is 0. The fraction of sp³-hybridized carbons (Fsp3) is 0.235. The Morgan fingerprint density at radius 1 is 1.21 bits per heavy atom. The second kappa shape index (κ2) is 6.19. The molecule has 2 heterocycles. The van der Waals surface area contributed by atoms with Crippen molar-refractivity contribution in [2.75, 3.05) is 17.2 Å². The molecular formula is C17H20N6O. The zero-order valence-electron chi connectivity index (χ0n) is 13.9. The molecule has 4 N–H and O–H groups in total. The summed E-state index contributed by atoms with van der Waals surface area (Å²) in [5.41, 5.74) is 9.39. The standard InChI is InChI=1S/C17H20N6O/c1-4-19-15-8-14(21-12-6-10(2)5-11(3)7-12)22-17-13(16(18)24)9-20-23(15)17/h5-9,19H,4H2,1-3H3,(H2,18,24)(H,21,22). The molecule has 0 unspecified atom stereocenters. The van der Waals surface area contributed by atoms with E-state index in [1.54, 1.807) is 4.52 Å². The summed E-state index contributed by atoms with van der Waals surface area (Å²) in [5.74, 6) is 0.803. The zero-order valence-corrected chi connectivity index (χ0v) is 13.9. The van der Waals surface area contributed by atoms with Crippen molar-refractivity contribution < 1.29 is 4.79 Å². The van der Waals surface area contributed by atoms with E-state index >= 15 is 0 Å². The van der Waals surface area contributed by atoms with E-state index < -0.39 is 5.91 Å². The van der Waals surface area contributed by atoms with Crippen LogP contribution in [0.2, 0.25) is 0 Å². The maximum atomic E-state index is 11.6. The highest BCUT2D eigenvalue weighted by molar-refractivity contribution is 5.98. The van der Waals surface area contributed by atoms with Crippen LogP contribution in [0, 0.1) is 13.8 Å². The van der Waals surface area contributed by atoms with Gasteiger partial charge in [0.2, 0.25) is 0 Å². The van der Waals surface area contributed by atoms with E-state index in [4.69, 9.17) is 5.73 Å². The van der Waals surface area contributed by atoms with Gasteiger partial charge < -0.3 is 16.4 Å². The quantitative estimate of drug-likeness (QED) is 0.670. The van der Waals surface area contributed by atoms with Crippen LogP contribution < -0.4 is 16.4 Å². The van der Waals surface area contributed by atoms with Crippen molar-refractivity contribution in [3.63, 3.8) is 0 Å². The van der Waals surface area contributed by atoms with Crippen LogP contribution in [0.15, 0.2) is 30.5 Å². The summed E-state index contributed by atoms with van der Waals surface area (Å²) in [6.45, 7) is 6.79. The van der Waals surface area contributed by atoms with Gasteiger partial charge in [0, 0.05) is 18.3 Å². The highest BCUT2D eigenvalue weighted by Gasteiger charge is 2.15. The predicted molar refractivity (Wildman–Crippen MR) is 94.9 cm³/mol. The number of carbonyl (C=O) groups is 1. The Labute approximate surface area is 139 Å². The first kappa shape index (κ1) is 15.8. The van der Waals surface area contributed by atoms with Gasteiger partial charge in [-0.2, -0.15) is 9.61 Å². The zero-order chi connectivity index (χ0) is 17.3. The van der Waals surface area contributed by atoms with E-state index in [2.05, 4.69) is 26.8 Å². The number of carbonyl (C=O) groups excluding carboxylic acids is 1. The molecule has 1 amide bonds. The van der Waals surface area contributed by atoms with Crippen LogP contribution in [0.1, 0.15) is 28.4 Å². The van der Waals surface area contributed by atoms with Crippen LogP contribution >= 0.6 is 0 Å². The SMILES string of the molecule is CCNc1cc(Nc2cc(C)cc(C)c2)nc2c(C(N)=O)cnn12. The molecule has 0 saturated carbocycles. The Morgan fingerprint density at radius 3 is 2.54 bits per heavy atom. The Balaban J connectivity index is 2.09. The van der Waals surface area contributed by atoms with Gasteiger partial charge in [-0.15, -0.1) is 0 Å². The number of nitrogens with one attached hydrogen (secondary N) is 2. The molecule has 24 heavy (non-hydrogen) atoms. The lowest BCUT2D eigenvalue weighted by Crippen LogP contribution is -2.12. The van der Waals surface area contributed by atoms with Gasteiger partial charge in [-0.3, -0.25) is 4.79 Å². The van der Waals surface area contributed by atoms with Crippen molar-refractivity contribution in [3.8, 4) is 0 Å². The number of rotatable bonds is 5. The Morgan fingerprint density at radius 2 is 1.92 bits per heavy atom. The maximum absolute atomic E-state index is 11.6. The average Bonchev–Trinajstić information content (AvgIpc) is 2.90. The topological polar surface area (TPSA) is 97.3 Å². The number of anilines is 3. The monoisotopic (exact) mass is 324 g/mol. The number of hydrogen-bond donors (Lipinski definition) is 3. The Kier molecular flexibility index (Phi) is 4.07. The summed E-state index contributed by atoms with van der Waals surface area (Å²) in [6, 6.07) is 8.04. The van der Waals surface area contributed by atoms with Crippen LogP contribution in [0.3, 0.4) is 0 Å². The third-order valence-electron chi connectivity index (χ3n) is 3.59. The number of aryl methyl sites for hydroxylation is 2. The minimum absolute atomic E-state index is 0.290. The number of aromatic nitrogens is 3. The number of fused-ring (bicyclic) bond motifs is 1. The molecular weight excluding hydrogens is 304 g/mol. The lowest BCUT2D eigenvalue weighted by molar-refractivity contribution is 0.100. The lowest BCUT2D eigenvalue weighted by Gasteiger charge is -2.12. The van der Waals surface area contributed by atoms with Gasteiger partial charge >= 0.3 is 0 Å². The molecule has 0 aliphatic heterocycles. The van der Waals surface area contributed by atoms with Crippen LogP contribution in [0.25, 0.3) is 5.65 Å². The molecule has 0 bridgehead atoms. The highest BCUT2D eigenvalue weighted by atomic mass is 16.1. The summed E-state index contributed by atoms with van der Waals surface area (Å²) >= 11 is 0. The molecule has 0 fully saturated rings. The molecule has 0 atom stereocenters. The summed E-state index contributed by atoms with van der Waals surface area (Å²) in [4.78, 5) is 16.1. The van der Waals surface area contributed by atoms with Gasteiger partial charge in [0.1, 0.15) is 17.2 Å². The fourth-order valence-corrected chi connectivity index (χ4v) is 2.70. The van der Waals surface area contributed by atoms with Crippen molar-refractivity contribution >= 4 is 28.9 Å². The molecule has 124 valence electrons. The van der Waals surface area contributed by atoms with E-state index in [1.165, 1.54) is 6.20 Å². The first-order valence-corrected chi connectivity index (χ1v) is 7.75. The number of nitrogens with two attached hydrogens (primary N) is 1. The van der Waals surface area contributed by atoms with Crippen molar-refractivity contribution in [2.24, 2.45) is 5.73 Å². The van der Waals surface area contributed by atoms with Gasteiger partial charge in [-0.05, 0) is 44.0 Å². The van der Waals surface area contributed by atoms with Crippen LogP contribution in [0.4, 0.5) is 17.3 Å². The summed E-state index contributed by atoms with van der Waals surface area (Å²) < 4.78 is 1.58. The minimum atomic E-state index is -0.552. The number of primary amides is 1. The number of nitrogens with zero attached hydrogens (tertiary/aromatic N) is 3. The molecule has 0 aliphatic rings. The molecule has 7 nitrogen and oxygen atoms in total. The van der Waals surface area contributed by atoms with Crippen LogP contribution in [0.5, 0.6) is 0 Å². The summed E-state index contributed by atoms with van der Waals surface area (Å²) in [6.07, 6.45) is 1.44. The van der Waals surface area contributed by atoms with E-state index in [0.29, 0.717) is 23.6 Å². The molecule has 0 spiro atoms. The Hall–Kier alpha value is -3.09. The van der Waals surface area contributed by atoms with Crippen molar-refractivity contribution in [2.45, 2.75) is 20.8 Å². The maximum Gasteiger partial charge on any atom is 0.254 e. The van der Waals surface area contributed by atoms with E-state index in [0.717, 1.165) is 22.6 Å². The molecule has 2 aromatic heterocycles. The number of amides is 1. The first-order chi connectivity index (χ1) is 11.5. The van der Waals surface area contributed by atoms with Crippen molar-refractivity contribution in [1.82, 2.24) is 14.6 Å². The Bertz CT molecular complexity index is 895. The molecule has 1 aromatic carbocycles. The lowest BCUT2D eigenvalue weighted by atomic mass is 10.1. The van der Waals surface area contributed by atoms with E-state index in [-0.39, 0.29) is 0 Å². The second-order valence-electron chi connectivity index (χ2n) is 5.72. The van der Waals surface area contributed by atoms with Gasteiger partial charge in [-0.25, -0.2) is 4.98 Å². The fourth-order valence-electron chi connectivity index (χ4n) is 2.70. The highest BCUT2D eigenvalue weighted by Crippen LogP contribution is 2.23. The molecule has 0 radical (unpaired) electrons. The third-order valence-corrected chi connectivity index (χ3v) is 3.59. The van der Waals surface area contributed by atoms with Crippen molar-refractivity contribution in [3.05, 3.63) is 47.2 Å². The number of hydrogen-bond acceptors (Lipinski definition) is 5. The van der Waals surface area contributed by atoms with Gasteiger partial charge in [0.15, 0.2) is 5.65 Å². The predicted octanol–water partition coefficient (Wildman–Crippen LogP) is 2.62. The normalized spacial score (nSPS) is 10.8. The minimum Gasteiger partial charge on any atom is -0.370 e. The van der Waals surface area contributed by atoms with Crippen LogP contribution in [-0.2, 0) is 0 Å². The van der Waals surface area contributed by atoms with Gasteiger partial charge in [0.25, 0.3) is 5.91 Å². The van der Waals surface area contributed by atoms with Crippen LogP contribution in [-0.4, -0.2) is 27.0 Å². The largest absolute Gasteiger partial charge is 0.370 e. The molecule has 0 aliphatic carbocycles. The van der Waals surface area contributed by atoms with Gasteiger partial charge in [0.05, 0.1) is 6.20 Å². The average molecular weight is 324 g/mol. The van der Waals surface area contributed by atoms with E-state index in [1.807, 2.05) is 39.0 Å². The molecule has 3 aromatic rings. The second-order valence-corrected chi connectivity index (χ2v) is 5.72. The van der Waals surface area contributed by atoms with E-state index in [9.17, 15) is 4.79 Å².